The maximum absolute atomic E-state index is 12.7. The second kappa shape index (κ2) is 9.77. The number of carbonyl (C=O) groups excluding carboxylic acids is 2. The smallest absolute Gasteiger partial charge is 0.345 e. The zero-order valence-electron chi connectivity index (χ0n) is 16.6. The predicted octanol–water partition coefficient (Wildman–Crippen LogP) is 6.24. The van der Waals surface area contributed by atoms with E-state index in [4.69, 9.17) is 16.3 Å². The van der Waals surface area contributed by atoms with Gasteiger partial charge >= 0.3 is 5.97 Å². The normalized spacial score (nSPS) is 10.9. The fraction of sp³-hybridized carbons (Fsp3) is 0. The summed E-state index contributed by atoms with van der Waals surface area (Å²) in [7, 11) is 0. The van der Waals surface area contributed by atoms with Crippen molar-refractivity contribution in [2.24, 2.45) is 5.10 Å². The summed E-state index contributed by atoms with van der Waals surface area (Å²) in [4.78, 5) is 25.2. The van der Waals surface area contributed by atoms with Gasteiger partial charge in [-0.1, -0.05) is 66.2 Å². The molecule has 7 heteroatoms. The van der Waals surface area contributed by atoms with Crippen LogP contribution in [0.3, 0.4) is 0 Å². The van der Waals surface area contributed by atoms with Crippen molar-refractivity contribution in [1.29, 1.82) is 0 Å². The number of amides is 1. The van der Waals surface area contributed by atoms with Crippen LogP contribution in [0.2, 0.25) is 5.02 Å². The molecule has 1 amide bonds. The van der Waals surface area contributed by atoms with E-state index >= 15 is 0 Å². The number of hydrogen-bond donors (Lipinski definition) is 1. The summed E-state index contributed by atoms with van der Waals surface area (Å²) in [5.41, 5.74) is 3.77. The van der Waals surface area contributed by atoms with Crippen molar-refractivity contribution < 1.29 is 14.3 Å². The molecule has 0 unspecified atom stereocenters. The second-order valence-corrected chi connectivity index (χ2v) is 8.01. The van der Waals surface area contributed by atoms with Crippen molar-refractivity contribution in [3.05, 3.63) is 111 Å². The summed E-state index contributed by atoms with van der Waals surface area (Å²) in [5, 5.41) is 6.15. The number of esters is 1. The molecule has 0 aliphatic heterocycles. The van der Waals surface area contributed by atoms with Gasteiger partial charge < -0.3 is 4.74 Å². The van der Waals surface area contributed by atoms with Crippen LogP contribution in [0.25, 0.3) is 10.8 Å². The Balaban J connectivity index is 1.65. The first-order chi connectivity index (χ1) is 15.5. The minimum absolute atomic E-state index is 0.257. The van der Waals surface area contributed by atoms with Crippen LogP contribution in [-0.2, 0) is 0 Å². The molecule has 0 atom stereocenters. The maximum atomic E-state index is 12.7. The number of rotatable bonds is 5. The van der Waals surface area contributed by atoms with Gasteiger partial charge in [0.2, 0.25) is 0 Å². The van der Waals surface area contributed by atoms with Crippen LogP contribution in [0.4, 0.5) is 0 Å². The number of hydrogen-bond acceptors (Lipinski definition) is 4. The molecule has 32 heavy (non-hydrogen) atoms. The van der Waals surface area contributed by atoms with Gasteiger partial charge in [0.25, 0.3) is 5.91 Å². The van der Waals surface area contributed by atoms with Gasteiger partial charge in [0.05, 0.1) is 22.4 Å². The molecule has 158 valence electrons. The van der Waals surface area contributed by atoms with Crippen LogP contribution in [0, 0.1) is 0 Å². The van der Waals surface area contributed by atoms with E-state index in [2.05, 4.69) is 26.5 Å². The number of nitrogens with zero attached hydrogens (tertiary/aromatic N) is 1. The quantitative estimate of drug-likeness (QED) is 0.150. The minimum Gasteiger partial charge on any atom is -0.422 e. The lowest BCUT2D eigenvalue weighted by molar-refractivity contribution is 0.0734. The van der Waals surface area contributed by atoms with Crippen molar-refractivity contribution >= 4 is 56.4 Å². The standard InChI is InChI=1S/C25H16BrClN2O3/c26-21-11-5-3-9-18(21)24(30)29-28-15-20-17-8-2-1-7-16(17)13-14-23(20)32-25(31)19-10-4-6-12-22(19)27/h1-15H,(H,29,30)/b28-15+. The maximum Gasteiger partial charge on any atom is 0.345 e. The van der Waals surface area contributed by atoms with E-state index in [1.807, 2.05) is 36.4 Å². The topological polar surface area (TPSA) is 67.8 Å². The molecule has 0 aliphatic carbocycles. The second-order valence-electron chi connectivity index (χ2n) is 6.75. The molecule has 4 aromatic carbocycles. The molecule has 0 heterocycles. The molecular weight excluding hydrogens is 492 g/mol. The Kier molecular flexibility index (Phi) is 6.63. The summed E-state index contributed by atoms with van der Waals surface area (Å²) in [5.74, 6) is -0.658. The van der Waals surface area contributed by atoms with Crippen molar-refractivity contribution in [3.8, 4) is 5.75 Å². The zero-order valence-corrected chi connectivity index (χ0v) is 18.9. The molecule has 5 nitrogen and oxygen atoms in total. The lowest BCUT2D eigenvalue weighted by Crippen LogP contribution is -2.18. The number of fused-ring (bicyclic) bond motifs is 1. The van der Waals surface area contributed by atoms with Gasteiger partial charge in [0, 0.05) is 10.0 Å². The highest BCUT2D eigenvalue weighted by Crippen LogP contribution is 2.28. The largest absolute Gasteiger partial charge is 0.422 e. The Hall–Kier alpha value is -3.48. The minimum atomic E-state index is -0.585. The Morgan fingerprint density at radius 2 is 1.56 bits per heavy atom. The highest BCUT2D eigenvalue weighted by atomic mass is 79.9. The molecule has 0 bridgehead atoms. The zero-order chi connectivity index (χ0) is 22.5. The van der Waals surface area contributed by atoms with Crippen LogP contribution >= 0.6 is 27.5 Å². The molecule has 0 spiro atoms. The summed E-state index contributed by atoms with van der Waals surface area (Å²) in [6, 6.07) is 24.9. The number of ether oxygens (including phenoxy) is 1. The Bertz CT molecular complexity index is 1350. The summed E-state index contributed by atoms with van der Waals surface area (Å²) in [6.45, 7) is 0. The predicted molar refractivity (Wildman–Crippen MR) is 130 cm³/mol. The van der Waals surface area contributed by atoms with Gasteiger partial charge in [0.1, 0.15) is 5.75 Å². The summed E-state index contributed by atoms with van der Waals surface area (Å²) >= 11 is 9.48. The number of halogens is 2. The molecule has 1 N–H and O–H groups in total. The van der Waals surface area contributed by atoms with Crippen molar-refractivity contribution in [2.75, 3.05) is 0 Å². The molecule has 0 fully saturated rings. The van der Waals surface area contributed by atoms with Gasteiger partial charge in [-0.2, -0.15) is 5.10 Å². The van der Waals surface area contributed by atoms with Crippen LogP contribution in [0.5, 0.6) is 5.75 Å². The van der Waals surface area contributed by atoms with Crippen molar-refractivity contribution in [2.45, 2.75) is 0 Å². The van der Waals surface area contributed by atoms with Crippen LogP contribution in [0.1, 0.15) is 26.3 Å². The molecule has 0 aromatic heterocycles. The number of carbonyl (C=O) groups is 2. The van der Waals surface area contributed by atoms with E-state index < -0.39 is 5.97 Å². The van der Waals surface area contributed by atoms with Gasteiger partial charge in [-0.05, 0) is 57.0 Å². The van der Waals surface area contributed by atoms with Gasteiger partial charge in [-0.3, -0.25) is 4.79 Å². The Morgan fingerprint density at radius 3 is 2.34 bits per heavy atom. The lowest BCUT2D eigenvalue weighted by atomic mass is 10.0. The molecular formula is C25H16BrClN2O3. The highest BCUT2D eigenvalue weighted by Gasteiger charge is 2.16. The van der Waals surface area contributed by atoms with Gasteiger partial charge in [0.15, 0.2) is 0 Å². The van der Waals surface area contributed by atoms with Crippen LogP contribution in [-0.4, -0.2) is 18.1 Å². The van der Waals surface area contributed by atoms with Crippen LogP contribution < -0.4 is 10.2 Å². The highest BCUT2D eigenvalue weighted by molar-refractivity contribution is 9.10. The average molecular weight is 508 g/mol. The van der Waals surface area contributed by atoms with Crippen LogP contribution in [0.15, 0.2) is 94.5 Å². The molecule has 4 rings (SSSR count). The number of nitrogens with one attached hydrogen (secondary N) is 1. The fourth-order valence-electron chi connectivity index (χ4n) is 3.14. The molecule has 0 saturated heterocycles. The first kappa shape index (κ1) is 21.7. The van der Waals surface area contributed by atoms with E-state index in [9.17, 15) is 9.59 Å². The third-order valence-electron chi connectivity index (χ3n) is 4.71. The van der Waals surface area contributed by atoms with Gasteiger partial charge in [-0.15, -0.1) is 0 Å². The van der Waals surface area contributed by atoms with Crippen molar-refractivity contribution in [1.82, 2.24) is 5.43 Å². The summed E-state index contributed by atoms with van der Waals surface area (Å²) < 4.78 is 6.31. The number of hydrazone groups is 1. The monoisotopic (exact) mass is 506 g/mol. The average Bonchev–Trinajstić information content (AvgIpc) is 2.80. The van der Waals surface area contributed by atoms with E-state index in [0.29, 0.717) is 26.4 Å². The molecule has 0 radical (unpaired) electrons. The third-order valence-corrected chi connectivity index (χ3v) is 5.73. The van der Waals surface area contributed by atoms with E-state index in [-0.39, 0.29) is 11.5 Å². The third kappa shape index (κ3) is 4.72. The van der Waals surface area contributed by atoms with Crippen molar-refractivity contribution in [3.63, 3.8) is 0 Å². The van der Waals surface area contributed by atoms with E-state index in [1.165, 1.54) is 6.21 Å². The molecule has 4 aromatic rings. The van der Waals surface area contributed by atoms with Gasteiger partial charge in [-0.25, -0.2) is 10.2 Å². The first-order valence-electron chi connectivity index (χ1n) is 9.61. The lowest BCUT2D eigenvalue weighted by Gasteiger charge is -2.11. The summed E-state index contributed by atoms with van der Waals surface area (Å²) in [6.07, 6.45) is 1.46. The Labute approximate surface area is 197 Å². The SMILES string of the molecule is O=C(Oc1ccc2ccccc2c1/C=N/NC(=O)c1ccccc1Br)c1ccccc1Cl. The molecule has 0 aliphatic rings. The van der Waals surface area contributed by atoms with E-state index in [1.54, 1.807) is 48.5 Å². The Morgan fingerprint density at radius 1 is 0.875 bits per heavy atom. The fourth-order valence-corrected chi connectivity index (χ4v) is 3.82. The van der Waals surface area contributed by atoms with E-state index in [0.717, 1.165) is 10.8 Å². The number of benzene rings is 4. The first-order valence-corrected chi connectivity index (χ1v) is 10.8. The molecule has 0 saturated carbocycles.